The van der Waals surface area contributed by atoms with Gasteiger partial charge in [0.05, 0.1) is 5.92 Å². The molecule has 0 bridgehead atoms. The number of carbonyl (C=O) groups is 1. The molecule has 1 aliphatic heterocycles. The van der Waals surface area contributed by atoms with Gasteiger partial charge in [-0.15, -0.1) is 0 Å². The second-order valence-corrected chi connectivity index (χ2v) is 5.81. The number of amides is 1. The Morgan fingerprint density at radius 1 is 1.29 bits per heavy atom. The lowest BCUT2D eigenvalue weighted by Crippen LogP contribution is -2.45. The van der Waals surface area contributed by atoms with E-state index in [0.29, 0.717) is 17.9 Å². The van der Waals surface area contributed by atoms with Gasteiger partial charge < -0.3 is 10.6 Å². The molecule has 2 N–H and O–H groups in total. The summed E-state index contributed by atoms with van der Waals surface area (Å²) in [5, 5.41) is 6.62. The van der Waals surface area contributed by atoms with Crippen molar-refractivity contribution in [1.29, 1.82) is 0 Å². The van der Waals surface area contributed by atoms with E-state index in [1.54, 1.807) is 0 Å². The zero-order valence-corrected chi connectivity index (χ0v) is 11.2. The summed E-state index contributed by atoms with van der Waals surface area (Å²) in [5.41, 5.74) is 0. The molecule has 3 nitrogen and oxygen atoms in total. The van der Waals surface area contributed by atoms with Crippen LogP contribution < -0.4 is 10.6 Å². The number of carbonyl (C=O) groups excluding carboxylic acids is 1. The monoisotopic (exact) mass is 238 g/mol. The molecule has 3 heteroatoms. The van der Waals surface area contributed by atoms with E-state index >= 15 is 0 Å². The summed E-state index contributed by atoms with van der Waals surface area (Å²) in [7, 11) is 0. The summed E-state index contributed by atoms with van der Waals surface area (Å²) < 4.78 is 0. The Morgan fingerprint density at radius 2 is 2.06 bits per heavy atom. The normalized spacial score (nSPS) is 38.0. The molecule has 1 saturated heterocycles. The third kappa shape index (κ3) is 3.01. The minimum absolute atomic E-state index is 0.189. The molecule has 0 aromatic rings. The van der Waals surface area contributed by atoms with Gasteiger partial charge in [-0.3, -0.25) is 4.79 Å². The van der Waals surface area contributed by atoms with E-state index in [-0.39, 0.29) is 11.8 Å². The second-order valence-electron chi connectivity index (χ2n) is 5.81. The Labute approximate surface area is 105 Å². The predicted octanol–water partition coefficient (Wildman–Crippen LogP) is 1.93. The molecule has 17 heavy (non-hydrogen) atoms. The van der Waals surface area contributed by atoms with Crippen molar-refractivity contribution in [3.05, 3.63) is 0 Å². The van der Waals surface area contributed by atoms with Crippen LogP contribution in [0.4, 0.5) is 0 Å². The summed E-state index contributed by atoms with van der Waals surface area (Å²) in [6, 6.07) is 0.439. The maximum Gasteiger partial charge on any atom is 0.224 e. The van der Waals surface area contributed by atoms with E-state index < -0.39 is 0 Å². The van der Waals surface area contributed by atoms with Crippen molar-refractivity contribution in [3.63, 3.8) is 0 Å². The van der Waals surface area contributed by atoms with Gasteiger partial charge in [-0.2, -0.15) is 0 Å². The Balaban J connectivity index is 1.88. The summed E-state index contributed by atoms with van der Waals surface area (Å²) in [6.45, 7) is 6.26. The number of hydrogen-bond donors (Lipinski definition) is 2. The molecule has 2 rings (SSSR count). The van der Waals surface area contributed by atoms with Crippen LogP contribution in [-0.4, -0.2) is 25.0 Å². The molecule has 1 saturated carbocycles. The predicted molar refractivity (Wildman–Crippen MR) is 69.7 cm³/mol. The fourth-order valence-electron chi connectivity index (χ4n) is 3.34. The summed E-state index contributed by atoms with van der Waals surface area (Å²) in [6.07, 6.45) is 6.29. The van der Waals surface area contributed by atoms with Gasteiger partial charge in [0.1, 0.15) is 0 Å². The number of hydrogen-bond acceptors (Lipinski definition) is 2. The maximum absolute atomic E-state index is 12.2. The fourth-order valence-corrected chi connectivity index (χ4v) is 3.34. The average molecular weight is 238 g/mol. The van der Waals surface area contributed by atoms with E-state index in [4.69, 9.17) is 0 Å². The van der Waals surface area contributed by atoms with Crippen molar-refractivity contribution in [2.75, 3.05) is 13.1 Å². The Kier molecular flexibility index (Phi) is 4.43. The van der Waals surface area contributed by atoms with Crippen molar-refractivity contribution in [2.45, 2.75) is 52.0 Å². The van der Waals surface area contributed by atoms with Crippen LogP contribution in [0, 0.1) is 17.8 Å². The van der Waals surface area contributed by atoms with E-state index in [9.17, 15) is 4.79 Å². The molecule has 2 unspecified atom stereocenters. The first kappa shape index (κ1) is 12.9. The van der Waals surface area contributed by atoms with Crippen LogP contribution >= 0.6 is 0 Å². The van der Waals surface area contributed by atoms with Gasteiger partial charge in [0.15, 0.2) is 0 Å². The summed E-state index contributed by atoms with van der Waals surface area (Å²) in [4.78, 5) is 12.2. The zero-order chi connectivity index (χ0) is 12.3. The van der Waals surface area contributed by atoms with Crippen molar-refractivity contribution in [3.8, 4) is 0 Å². The molecular formula is C14H26N2O. The molecule has 2 fully saturated rings. The SMILES string of the molecule is CCC1CCCCC1NC(=O)[C@@H]1CNC[C@H]1C. The summed E-state index contributed by atoms with van der Waals surface area (Å²) in [5.74, 6) is 1.67. The Morgan fingerprint density at radius 3 is 2.71 bits per heavy atom. The molecule has 4 atom stereocenters. The van der Waals surface area contributed by atoms with Crippen LogP contribution in [0.3, 0.4) is 0 Å². The smallest absolute Gasteiger partial charge is 0.224 e. The van der Waals surface area contributed by atoms with Gasteiger partial charge in [0.25, 0.3) is 0 Å². The van der Waals surface area contributed by atoms with Gasteiger partial charge >= 0.3 is 0 Å². The van der Waals surface area contributed by atoms with Crippen LogP contribution in [0.5, 0.6) is 0 Å². The third-order valence-electron chi connectivity index (χ3n) is 4.62. The minimum Gasteiger partial charge on any atom is -0.353 e. The standard InChI is InChI=1S/C14H26N2O/c1-3-11-6-4-5-7-13(11)16-14(17)12-9-15-8-10(12)2/h10-13,15H,3-9H2,1-2H3,(H,16,17)/t10-,11?,12-,13?/m1/s1. The molecule has 1 heterocycles. The molecule has 0 spiro atoms. The first-order valence-electron chi connectivity index (χ1n) is 7.23. The Hall–Kier alpha value is -0.570. The number of nitrogens with one attached hydrogen (secondary N) is 2. The van der Waals surface area contributed by atoms with E-state index in [0.717, 1.165) is 13.1 Å². The minimum atomic E-state index is 0.189. The Bertz CT molecular complexity index is 267. The highest BCUT2D eigenvalue weighted by molar-refractivity contribution is 5.79. The lowest BCUT2D eigenvalue weighted by molar-refractivity contribution is -0.126. The van der Waals surface area contributed by atoms with Gasteiger partial charge in [-0.05, 0) is 31.2 Å². The van der Waals surface area contributed by atoms with Crippen molar-refractivity contribution < 1.29 is 4.79 Å². The van der Waals surface area contributed by atoms with Crippen LogP contribution in [0.15, 0.2) is 0 Å². The first-order chi connectivity index (χ1) is 8.22. The van der Waals surface area contributed by atoms with Gasteiger partial charge in [0.2, 0.25) is 5.91 Å². The highest BCUT2D eigenvalue weighted by atomic mass is 16.2. The average Bonchev–Trinajstić information content (AvgIpc) is 2.76. The third-order valence-corrected chi connectivity index (χ3v) is 4.62. The quantitative estimate of drug-likeness (QED) is 0.789. The second kappa shape index (κ2) is 5.85. The van der Waals surface area contributed by atoms with E-state index in [2.05, 4.69) is 24.5 Å². The van der Waals surface area contributed by atoms with Crippen LogP contribution in [-0.2, 0) is 4.79 Å². The van der Waals surface area contributed by atoms with Gasteiger partial charge in [-0.25, -0.2) is 0 Å². The van der Waals surface area contributed by atoms with E-state index in [1.165, 1.54) is 32.1 Å². The van der Waals surface area contributed by atoms with Gasteiger partial charge in [0, 0.05) is 12.6 Å². The highest BCUT2D eigenvalue weighted by Gasteiger charge is 2.32. The zero-order valence-electron chi connectivity index (χ0n) is 11.2. The molecule has 1 amide bonds. The van der Waals surface area contributed by atoms with Crippen molar-refractivity contribution >= 4 is 5.91 Å². The van der Waals surface area contributed by atoms with Crippen LogP contribution in [0.2, 0.25) is 0 Å². The highest BCUT2D eigenvalue weighted by Crippen LogP contribution is 2.27. The number of rotatable bonds is 3. The van der Waals surface area contributed by atoms with Crippen LogP contribution in [0.1, 0.15) is 46.0 Å². The maximum atomic E-state index is 12.2. The summed E-state index contributed by atoms with van der Waals surface area (Å²) >= 11 is 0. The molecular weight excluding hydrogens is 212 g/mol. The lowest BCUT2D eigenvalue weighted by Gasteiger charge is -2.32. The van der Waals surface area contributed by atoms with Gasteiger partial charge in [-0.1, -0.05) is 33.1 Å². The molecule has 2 aliphatic rings. The fraction of sp³-hybridized carbons (Fsp3) is 0.929. The molecule has 0 aromatic heterocycles. The largest absolute Gasteiger partial charge is 0.353 e. The molecule has 98 valence electrons. The first-order valence-corrected chi connectivity index (χ1v) is 7.23. The van der Waals surface area contributed by atoms with Crippen molar-refractivity contribution in [2.24, 2.45) is 17.8 Å². The topological polar surface area (TPSA) is 41.1 Å². The molecule has 0 radical (unpaired) electrons. The van der Waals surface area contributed by atoms with E-state index in [1.807, 2.05) is 0 Å². The van der Waals surface area contributed by atoms with Crippen LogP contribution in [0.25, 0.3) is 0 Å². The molecule has 0 aromatic carbocycles. The lowest BCUT2D eigenvalue weighted by atomic mass is 9.82. The van der Waals surface area contributed by atoms with Crippen molar-refractivity contribution in [1.82, 2.24) is 10.6 Å². The molecule has 1 aliphatic carbocycles.